The highest BCUT2D eigenvalue weighted by Gasteiger charge is 2.40. The van der Waals surface area contributed by atoms with Gasteiger partial charge in [-0.3, -0.25) is 0 Å². The molecule has 21 heavy (non-hydrogen) atoms. The van der Waals surface area contributed by atoms with Crippen LogP contribution in [0.4, 0.5) is 5.69 Å². The first-order valence-corrected chi connectivity index (χ1v) is 9.13. The minimum absolute atomic E-state index is 0.0328. The van der Waals surface area contributed by atoms with Gasteiger partial charge < -0.3 is 10.5 Å². The van der Waals surface area contributed by atoms with Gasteiger partial charge in [-0.15, -0.1) is 0 Å². The predicted molar refractivity (Wildman–Crippen MR) is 82.6 cm³/mol. The van der Waals surface area contributed by atoms with Gasteiger partial charge in [0, 0.05) is 24.3 Å². The van der Waals surface area contributed by atoms with Crippen molar-refractivity contribution in [2.24, 2.45) is 5.92 Å². The standard InChI is InChI=1S/C15H22N2O3S/c16-13-2-1-3-15(10-13)20-8-9-21(18,19)17(14-6-7-14)11-12-4-5-12/h1-3,10,12,14H,4-9,11,16H2. The molecule has 0 saturated heterocycles. The number of nitrogens with two attached hydrogens (primary N) is 1. The van der Waals surface area contributed by atoms with Gasteiger partial charge in [0.1, 0.15) is 12.4 Å². The van der Waals surface area contributed by atoms with E-state index in [1.54, 1.807) is 28.6 Å². The van der Waals surface area contributed by atoms with Crippen molar-refractivity contribution in [2.45, 2.75) is 31.7 Å². The third-order valence-corrected chi connectivity index (χ3v) is 5.76. The Morgan fingerprint density at radius 2 is 2.00 bits per heavy atom. The van der Waals surface area contributed by atoms with Crippen molar-refractivity contribution in [1.82, 2.24) is 4.31 Å². The zero-order valence-corrected chi connectivity index (χ0v) is 12.9. The van der Waals surface area contributed by atoms with Crippen molar-refractivity contribution < 1.29 is 13.2 Å². The maximum absolute atomic E-state index is 12.5. The summed E-state index contributed by atoms with van der Waals surface area (Å²) < 4.78 is 32.1. The van der Waals surface area contributed by atoms with Crippen molar-refractivity contribution in [3.05, 3.63) is 24.3 Å². The summed E-state index contributed by atoms with van der Waals surface area (Å²) >= 11 is 0. The van der Waals surface area contributed by atoms with Crippen molar-refractivity contribution in [1.29, 1.82) is 0 Å². The zero-order chi connectivity index (χ0) is 14.9. The molecule has 6 heteroatoms. The number of nitrogens with zero attached hydrogens (tertiary/aromatic N) is 1. The average molecular weight is 310 g/mol. The Morgan fingerprint density at radius 3 is 2.62 bits per heavy atom. The van der Waals surface area contributed by atoms with E-state index < -0.39 is 10.0 Å². The molecule has 0 bridgehead atoms. The van der Waals surface area contributed by atoms with Crippen LogP contribution in [0, 0.1) is 5.92 Å². The highest BCUT2D eigenvalue weighted by atomic mass is 32.2. The highest BCUT2D eigenvalue weighted by molar-refractivity contribution is 7.89. The maximum Gasteiger partial charge on any atom is 0.217 e. The van der Waals surface area contributed by atoms with Crippen molar-refractivity contribution >= 4 is 15.7 Å². The second-order valence-electron chi connectivity index (χ2n) is 5.98. The van der Waals surface area contributed by atoms with Gasteiger partial charge >= 0.3 is 0 Å². The van der Waals surface area contributed by atoms with Gasteiger partial charge in [0.05, 0.1) is 5.75 Å². The molecule has 0 unspecified atom stereocenters. The van der Waals surface area contributed by atoms with Gasteiger partial charge in [0.15, 0.2) is 0 Å². The summed E-state index contributed by atoms with van der Waals surface area (Å²) in [6, 6.07) is 7.29. The molecule has 5 nitrogen and oxygen atoms in total. The fourth-order valence-corrected chi connectivity index (χ4v) is 4.03. The van der Waals surface area contributed by atoms with Crippen LogP contribution in [0.25, 0.3) is 0 Å². The molecule has 0 aliphatic heterocycles. The molecule has 0 spiro atoms. The lowest BCUT2D eigenvalue weighted by atomic mass is 10.3. The van der Waals surface area contributed by atoms with Crippen LogP contribution in [0.15, 0.2) is 24.3 Å². The zero-order valence-electron chi connectivity index (χ0n) is 12.1. The van der Waals surface area contributed by atoms with Crippen molar-refractivity contribution in [3.63, 3.8) is 0 Å². The van der Waals surface area contributed by atoms with Gasteiger partial charge in [0.2, 0.25) is 10.0 Å². The first-order chi connectivity index (χ1) is 10.0. The molecule has 0 aromatic heterocycles. The van der Waals surface area contributed by atoms with Crippen LogP contribution in [-0.4, -0.2) is 37.7 Å². The lowest BCUT2D eigenvalue weighted by Gasteiger charge is -2.21. The number of rotatable bonds is 8. The first-order valence-electron chi connectivity index (χ1n) is 7.52. The lowest BCUT2D eigenvalue weighted by Crippen LogP contribution is -2.38. The molecule has 0 heterocycles. The van der Waals surface area contributed by atoms with E-state index >= 15 is 0 Å². The molecule has 2 aliphatic rings. The number of anilines is 1. The normalized spacial score (nSPS) is 18.9. The Bertz CT molecular complexity index is 595. The molecule has 2 N–H and O–H groups in total. The number of hydrogen-bond acceptors (Lipinski definition) is 4. The SMILES string of the molecule is Nc1cccc(OCCS(=O)(=O)N(CC2CC2)C2CC2)c1. The minimum Gasteiger partial charge on any atom is -0.492 e. The second kappa shape index (κ2) is 5.85. The molecular weight excluding hydrogens is 288 g/mol. The van der Waals surface area contributed by atoms with Crippen LogP contribution in [0.1, 0.15) is 25.7 Å². The number of benzene rings is 1. The number of sulfonamides is 1. The molecule has 1 aromatic carbocycles. The summed E-state index contributed by atoms with van der Waals surface area (Å²) in [6.07, 6.45) is 4.33. The summed E-state index contributed by atoms with van der Waals surface area (Å²) in [7, 11) is -3.22. The molecule has 0 atom stereocenters. The number of ether oxygens (including phenoxy) is 1. The van der Waals surface area contributed by atoms with Crippen molar-refractivity contribution in [2.75, 3.05) is 24.6 Å². The summed E-state index contributed by atoms with van der Waals surface area (Å²) in [5.41, 5.74) is 6.28. The van der Waals surface area contributed by atoms with E-state index in [4.69, 9.17) is 10.5 Å². The lowest BCUT2D eigenvalue weighted by molar-refractivity contribution is 0.331. The molecule has 2 fully saturated rings. The monoisotopic (exact) mass is 310 g/mol. The van der Waals surface area contributed by atoms with Gasteiger partial charge in [0.25, 0.3) is 0 Å². The van der Waals surface area contributed by atoms with Crippen LogP contribution < -0.4 is 10.5 Å². The second-order valence-corrected chi connectivity index (χ2v) is 8.02. The molecule has 0 amide bonds. The van der Waals surface area contributed by atoms with Crippen LogP contribution in [0.5, 0.6) is 5.75 Å². The van der Waals surface area contributed by atoms with Gasteiger partial charge in [-0.2, -0.15) is 4.31 Å². The Hall–Kier alpha value is -1.27. The Balaban J connectivity index is 1.54. The molecule has 3 rings (SSSR count). The quantitative estimate of drug-likeness (QED) is 0.744. The molecule has 1 aromatic rings. The minimum atomic E-state index is -3.22. The average Bonchev–Trinajstić information content (AvgIpc) is 3.29. The summed E-state index contributed by atoms with van der Waals surface area (Å²) in [6.45, 7) is 0.866. The summed E-state index contributed by atoms with van der Waals surface area (Å²) in [5.74, 6) is 1.23. The third-order valence-electron chi connectivity index (χ3n) is 3.91. The van der Waals surface area contributed by atoms with E-state index in [0.29, 0.717) is 23.9 Å². The summed E-state index contributed by atoms with van der Waals surface area (Å²) in [4.78, 5) is 0. The fraction of sp³-hybridized carbons (Fsp3) is 0.600. The van der Waals surface area contributed by atoms with E-state index in [2.05, 4.69) is 0 Å². The van der Waals surface area contributed by atoms with Crippen LogP contribution >= 0.6 is 0 Å². The molecular formula is C15H22N2O3S. The van der Waals surface area contributed by atoms with Crippen molar-refractivity contribution in [3.8, 4) is 5.75 Å². The van der Waals surface area contributed by atoms with E-state index in [0.717, 1.165) is 12.8 Å². The Labute approximate surface area is 126 Å². The van der Waals surface area contributed by atoms with E-state index in [1.807, 2.05) is 0 Å². The van der Waals surface area contributed by atoms with Gasteiger partial charge in [-0.25, -0.2) is 8.42 Å². The van der Waals surface area contributed by atoms with E-state index in [-0.39, 0.29) is 18.4 Å². The van der Waals surface area contributed by atoms with E-state index in [1.165, 1.54) is 12.8 Å². The molecule has 0 radical (unpaired) electrons. The fourth-order valence-electron chi connectivity index (χ4n) is 2.39. The van der Waals surface area contributed by atoms with Gasteiger partial charge in [-0.1, -0.05) is 6.07 Å². The topological polar surface area (TPSA) is 72.6 Å². The third kappa shape index (κ3) is 4.11. The van der Waals surface area contributed by atoms with E-state index in [9.17, 15) is 8.42 Å². The smallest absolute Gasteiger partial charge is 0.217 e. The Kier molecular flexibility index (Phi) is 4.08. The van der Waals surface area contributed by atoms with Crippen LogP contribution in [-0.2, 0) is 10.0 Å². The largest absolute Gasteiger partial charge is 0.492 e. The van der Waals surface area contributed by atoms with Crippen LogP contribution in [0.2, 0.25) is 0 Å². The number of hydrogen-bond donors (Lipinski definition) is 1. The Morgan fingerprint density at radius 1 is 1.24 bits per heavy atom. The van der Waals surface area contributed by atoms with Gasteiger partial charge in [-0.05, 0) is 43.7 Å². The highest BCUT2D eigenvalue weighted by Crippen LogP contribution is 2.36. The molecule has 2 saturated carbocycles. The molecule has 116 valence electrons. The molecule has 2 aliphatic carbocycles. The predicted octanol–water partition coefficient (Wildman–Crippen LogP) is 1.85. The first kappa shape index (κ1) is 14.7. The van der Waals surface area contributed by atoms with Crippen LogP contribution in [0.3, 0.4) is 0 Å². The maximum atomic E-state index is 12.5. The number of nitrogen functional groups attached to an aromatic ring is 1. The summed E-state index contributed by atoms with van der Waals surface area (Å²) in [5, 5.41) is 0.